The first kappa shape index (κ1) is 23.9. The lowest BCUT2D eigenvalue weighted by Crippen LogP contribution is -2.51. The van der Waals surface area contributed by atoms with Gasteiger partial charge in [-0.15, -0.1) is 11.8 Å². The molecule has 0 radical (unpaired) electrons. The van der Waals surface area contributed by atoms with Crippen molar-refractivity contribution in [2.75, 3.05) is 12.4 Å². The molecular weight excluding hydrogens is 388 g/mol. The van der Waals surface area contributed by atoms with E-state index in [9.17, 15) is 5.11 Å². The highest BCUT2D eigenvalue weighted by Crippen LogP contribution is 2.39. The van der Waals surface area contributed by atoms with Crippen LogP contribution in [0.2, 0.25) is 18.1 Å². The van der Waals surface area contributed by atoms with Crippen molar-refractivity contribution in [1.29, 1.82) is 0 Å². The first-order chi connectivity index (χ1) is 13.0. The molecule has 1 N–H and O–H groups in total. The van der Waals surface area contributed by atoms with Crippen LogP contribution in [0.25, 0.3) is 0 Å². The third-order valence-electron chi connectivity index (χ3n) is 6.13. The number of rotatable bonds is 9. The molecule has 0 spiro atoms. The lowest BCUT2D eigenvalue weighted by atomic mass is 10.1. The van der Waals surface area contributed by atoms with Crippen LogP contribution < -0.4 is 0 Å². The van der Waals surface area contributed by atoms with E-state index in [1.54, 1.807) is 11.8 Å². The second-order valence-corrected chi connectivity index (χ2v) is 15.0. The second kappa shape index (κ2) is 9.62. The maximum absolute atomic E-state index is 11.2. The Labute approximate surface area is 176 Å². The molecule has 1 aliphatic rings. The van der Waals surface area contributed by atoms with Crippen LogP contribution in [0.3, 0.4) is 0 Å². The highest BCUT2D eigenvalue weighted by molar-refractivity contribution is 7.99. The fourth-order valence-corrected chi connectivity index (χ4v) is 5.48. The average molecular weight is 427 g/mol. The Morgan fingerprint density at radius 3 is 2.32 bits per heavy atom. The van der Waals surface area contributed by atoms with Gasteiger partial charge in [-0.25, -0.2) is 0 Å². The van der Waals surface area contributed by atoms with E-state index in [-0.39, 0.29) is 17.2 Å². The molecule has 0 aromatic heterocycles. The van der Waals surface area contributed by atoms with Gasteiger partial charge in [-0.2, -0.15) is 0 Å². The Hall–Kier alpha value is -0.373. The highest BCUT2D eigenvalue weighted by atomic mass is 32.2. The van der Waals surface area contributed by atoms with Crippen LogP contribution in [0.15, 0.2) is 35.2 Å². The number of aliphatic hydroxyl groups is 1. The van der Waals surface area contributed by atoms with Gasteiger partial charge in [0, 0.05) is 10.6 Å². The predicted octanol–water partition coefficient (Wildman–Crippen LogP) is 5.46. The molecule has 3 atom stereocenters. The van der Waals surface area contributed by atoms with Crippen molar-refractivity contribution in [2.45, 2.75) is 94.6 Å². The number of thioether (sulfide) groups is 1. The van der Waals surface area contributed by atoms with E-state index in [1.165, 1.54) is 4.90 Å². The minimum absolute atomic E-state index is 0.0754. The Bertz CT molecular complexity index is 598. The first-order valence-electron chi connectivity index (χ1n) is 10.4. The van der Waals surface area contributed by atoms with E-state index >= 15 is 0 Å². The van der Waals surface area contributed by atoms with E-state index in [4.69, 9.17) is 13.9 Å². The molecule has 28 heavy (non-hydrogen) atoms. The molecule has 0 saturated carbocycles. The van der Waals surface area contributed by atoms with Crippen LogP contribution in [0.4, 0.5) is 0 Å². The van der Waals surface area contributed by atoms with Crippen molar-refractivity contribution >= 4 is 20.1 Å². The summed E-state index contributed by atoms with van der Waals surface area (Å²) in [5.41, 5.74) is 0. The molecule has 2 rings (SSSR count). The fourth-order valence-electron chi connectivity index (χ4n) is 3.06. The highest BCUT2D eigenvalue weighted by Gasteiger charge is 2.46. The van der Waals surface area contributed by atoms with Gasteiger partial charge in [-0.05, 0) is 43.1 Å². The SMILES string of the molecule is CCC1(CC)OC[C@H]([C@H](O)[C@@H](CSc2ccccc2)O[Si](C)(C)C(C)(C)C)O1. The van der Waals surface area contributed by atoms with Gasteiger partial charge < -0.3 is 19.0 Å². The molecule has 160 valence electrons. The summed E-state index contributed by atoms with van der Waals surface area (Å²) in [6.45, 7) is 15.7. The van der Waals surface area contributed by atoms with Crippen molar-refractivity contribution in [3.05, 3.63) is 30.3 Å². The zero-order valence-corrected chi connectivity index (χ0v) is 20.3. The summed E-state index contributed by atoms with van der Waals surface area (Å²) in [5.74, 6) is 0.114. The Morgan fingerprint density at radius 1 is 1.21 bits per heavy atom. The maximum atomic E-state index is 11.2. The molecule has 1 saturated heterocycles. The fraction of sp³-hybridized carbons (Fsp3) is 0.727. The summed E-state index contributed by atoms with van der Waals surface area (Å²) in [6, 6.07) is 10.3. The van der Waals surface area contributed by atoms with Gasteiger partial charge in [0.2, 0.25) is 0 Å². The van der Waals surface area contributed by atoms with Crippen molar-refractivity contribution in [2.24, 2.45) is 0 Å². The van der Waals surface area contributed by atoms with Crippen LogP contribution in [-0.4, -0.2) is 49.9 Å². The second-order valence-electron chi connectivity index (χ2n) is 9.12. The van der Waals surface area contributed by atoms with Crippen molar-refractivity contribution in [3.8, 4) is 0 Å². The van der Waals surface area contributed by atoms with Crippen molar-refractivity contribution in [3.63, 3.8) is 0 Å². The average Bonchev–Trinajstić information content (AvgIpc) is 3.09. The zero-order valence-electron chi connectivity index (χ0n) is 18.5. The van der Waals surface area contributed by atoms with Gasteiger partial charge in [-0.1, -0.05) is 52.8 Å². The van der Waals surface area contributed by atoms with E-state index in [2.05, 4.69) is 59.8 Å². The molecule has 0 bridgehead atoms. The summed E-state index contributed by atoms with van der Waals surface area (Å²) < 4.78 is 18.8. The van der Waals surface area contributed by atoms with Crippen molar-refractivity contribution < 1.29 is 19.0 Å². The maximum Gasteiger partial charge on any atom is 0.192 e. The molecule has 1 aliphatic heterocycles. The lowest BCUT2D eigenvalue weighted by Gasteiger charge is -2.41. The summed E-state index contributed by atoms with van der Waals surface area (Å²) >= 11 is 1.72. The molecule has 6 heteroatoms. The molecular formula is C22H38O4SSi. The van der Waals surface area contributed by atoms with Gasteiger partial charge >= 0.3 is 0 Å². The van der Waals surface area contributed by atoms with Gasteiger partial charge in [-0.3, -0.25) is 0 Å². The number of hydrogen-bond acceptors (Lipinski definition) is 5. The van der Waals surface area contributed by atoms with Crippen LogP contribution in [0, 0.1) is 0 Å². The Morgan fingerprint density at radius 2 is 1.82 bits per heavy atom. The minimum Gasteiger partial charge on any atom is -0.410 e. The van der Waals surface area contributed by atoms with Crippen LogP contribution in [0.5, 0.6) is 0 Å². The smallest absolute Gasteiger partial charge is 0.192 e. The lowest BCUT2D eigenvalue weighted by molar-refractivity contribution is -0.186. The number of hydrogen-bond donors (Lipinski definition) is 1. The summed E-state index contributed by atoms with van der Waals surface area (Å²) in [6.07, 6.45) is 0.180. The number of aliphatic hydroxyl groups excluding tert-OH is 1. The standard InChI is InChI=1S/C22H38O4SSi/c1-8-22(9-2)24-15-18(25-22)20(23)19(26-28(6,7)21(3,4)5)16-27-17-13-11-10-12-14-17/h10-14,18-20,23H,8-9,15-16H2,1-7H3/t18-,19-,20+/m1/s1. The monoisotopic (exact) mass is 426 g/mol. The predicted molar refractivity (Wildman–Crippen MR) is 119 cm³/mol. The third-order valence-corrected chi connectivity index (χ3v) is 11.7. The summed E-state index contributed by atoms with van der Waals surface area (Å²) in [7, 11) is -2.04. The van der Waals surface area contributed by atoms with E-state index in [0.717, 1.165) is 12.8 Å². The van der Waals surface area contributed by atoms with E-state index in [0.29, 0.717) is 12.4 Å². The topological polar surface area (TPSA) is 47.9 Å². The van der Waals surface area contributed by atoms with Gasteiger partial charge in [0.1, 0.15) is 12.2 Å². The molecule has 0 aliphatic carbocycles. The molecule has 0 amide bonds. The van der Waals surface area contributed by atoms with Crippen LogP contribution >= 0.6 is 11.8 Å². The molecule has 1 aromatic carbocycles. The molecule has 4 nitrogen and oxygen atoms in total. The molecule has 1 heterocycles. The van der Waals surface area contributed by atoms with E-state index in [1.807, 2.05) is 18.2 Å². The molecule has 0 unspecified atom stereocenters. The number of benzene rings is 1. The largest absolute Gasteiger partial charge is 0.410 e. The number of ether oxygens (including phenoxy) is 2. The minimum atomic E-state index is -2.04. The first-order valence-corrected chi connectivity index (χ1v) is 14.3. The van der Waals surface area contributed by atoms with Crippen LogP contribution in [0.1, 0.15) is 47.5 Å². The van der Waals surface area contributed by atoms with Gasteiger partial charge in [0.05, 0.1) is 12.7 Å². The van der Waals surface area contributed by atoms with Crippen LogP contribution in [-0.2, 0) is 13.9 Å². The quantitative estimate of drug-likeness (QED) is 0.419. The Kier molecular flexibility index (Phi) is 8.22. The summed E-state index contributed by atoms with van der Waals surface area (Å²) in [5, 5.41) is 11.3. The molecule has 1 aromatic rings. The van der Waals surface area contributed by atoms with Crippen molar-refractivity contribution in [1.82, 2.24) is 0 Å². The third kappa shape index (κ3) is 5.83. The van der Waals surface area contributed by atoms with Gasteiger partial charge in [0.15, 0.2) is 14.1 Å². The zero-order chi connectivity index (χ0) is 21.0. The Balaban J connectivity index is 2.15. The normalized spacial score (nSPS) is 22.2. The molecule has 1 fully saturated rings. The van der Waals surface area contributed by atoms with E-state index < -0.39 is 20.2 Å². The van der Waals surface area contributed by atoms with Gasteiger partial charge in [0.25, 0.3) is 0 Å². The summed E-state index contributed by atoms with van der Waals surface area (Å²) in [4.78, 5) is 1.18.